The Labute approximate surface area is 159 Å². The van der Waals surface area contributed by atoms with Gasteiger partial charge in [0.2, 0.25) is 17.7 Å². The molecule has 3 heterocycles. The van der Waals surface area contributed by atoms with Crippen molar-refractivity contribution in [2.24, 2.45) is 11.8 Å². The fraction of sp³-hybridized carbons (Fsp3) is 0.550. The maximum atomic E-state index is 12.7. The van der Waals surface area contributed by atoms with E-state index in [1.807, 2.05) is 23.1 Å². The van der Waals surface area contributed by atoms with Crippen LogP contribution in [0.4, 0.5) is 11.4 Å². The first-order chi connectivity index (χ1) is 13.1. The maximum absolute atomic E-state index is 12.7. The molecule has 0 bridgehead atoms. The van der Waals surface area contributed by atoms with E-state index in [-0.39, 0.29) is 37.1 Å². The predicted octanol–water partition coefficient (Wildman–Crippen LogP) is 1.21. The summed E-state index contributed by atoms with van der Waals surface area (Å²) < 4.78 is 0. The number of anilines is 2. The standard InChI is InChI=1S/C20H26N4O3/c25-18-13-24(17-4-2-1-3-16(17)22-18)20(27)6-5-19(26)23-9-7-14-11-21-12-15(14)8-10-23/h1-4,14-15,21H,5-13H2,(H,22,25)/t14-,15+. The van der Waals surface area contributed by atoms with Crippen LogP contribution in [-0.2, 0) is 14.4 Å². The molecule has 0 aliphatic carbocycles. The van der Waals surface area contributed by atoms with Crippen LogP contribution >= 0.6 is 0 Å². The highest BCUT2D eigenvalue weighted by molar-refractivity contribution is 6.10. The fourth-order valence-electron chi connectivity index (χ4n) is 4.43. The number of fused-ring (bicyclic) bond motifs is 2. The Morgan fingerprint density at radius 3 is 2.41 bits per heavy atom. The van der Waals surface area contributed by atoms with Gasteiger partial charge in [-0.2, -0.15) is 0 Å². The average Bonchev–Trinajstić information content (AvgIpc) is 3.03. The Bertz CT molecular complexity index is 736. The molecule has 2 saturated heterocycles. The molecule has 0 radical (unpaired) electrons. The number of nitrogens with one attached hydrogen (secondary N) is 2. The molecule has 0 spiro atoms. The summed E-state index contributed by atoms with van der Waals surface area (Å²) in [5.41, 5.74) is 1.34. The number of hydrogen-bond acceptors (Lipinski definition) is 4. The number of carbonyl (C=O) groups is 3. The molecule has 0 saturated carbocycles. The zero-order valence-electron chi connectivity index (χ0n) is 15.4. The third-order valence-electron chi connectivity index (χ3n) is 6.00. The molecule has 3 amide bonds. The Morgan fingerprint density at radius 2 is 1.67 bits per heavy atom. The van der Waals surface area contributed by atoms with Crippen molar-refractivity contribution in [1.82, 2.24) is 10.2 Å². The molecule has 27 heavy (non-hydrogen) atoms. The van der Waals surface area contributed by atoms with Crippen molar-refractivity contribution < 1.29 is 14.4 Å². The number of hydrogen-bond donors (Lipinski definition) is 2. The molecule has 4 rings (SSSR count). The van der Waals surface area contributed by atoms with Gasteiger partial charge in [0.15, 0.2) is 0 Å². The number of likely N-dealkylation sites (tertiary alicyclic amines) is 1. The molecule has 144 valence electrons. The highest BCUT2D eigenvalue weighted by Gasteiger charge is 2.32. The second-order valence-corrected chi connectivity index (χ2v) is 7.68. The van der Waals surface area contributed by atoms with Gasteiger partial charge in [0.1, 0.15) is 6.54 Å². The van der Waals surface area contributed by atoms with Crippen LogP contribution in [0, 0.1) is 11.8 Å². The molecule has 3 aliphatic rings. The zero-order valence-corrected chi connectivity index (χ0v) is 15.4. The lowest BCUT2D eigenvalue weighted by molar-refractivity contribution is -0.133. The van der Waals surface area contributed by atoms with Gasteiger partial charge < -0.3 is 20.4 Å². The van der Waals surface area contributed by atoms with E-state index in [2.05, 4.69) is 10.6 Å². The van der Waals surface area contributed by atoms with Gasteiger partial charge in [-0.05, 0) is 49.9 Å². The van der Waals surface area contributed by atoms with E-state index in [4.69, 9.17) is 0 Å². The minimum Gasteiger partial charge on any atom is -0.343 e. The molecule has 2 N–H and O–H groups in total. The van der Waals surface area contributed by atoms with Crippen LogP contribution in [0.15, 0.2) is 24.3 Å². The molecule has 3 aliphatic heterocycles. The molecule has 7 nitrogen and oxygen atoms in total. The van der Waals surface area contributed by atoms with Crippen LogP contribution in [-0.4, -0.2) is 55.3 Å². The van der Waals surface area contributed by atoms with Crippen molar-refractivity contribution in [3.05, 3.63) is 24.3 Å². The first-order valence-electron chi connectivity index (χ1n) is 9.79. The van der Waals surface area contributed by atoms with Crippen molar-refractivity contribution in [3.8, 4) is 0 Å². The lowest BCUT2D eigenvalue weighted by atomic mass is 9.92. The quantitative estimate of drug-likeness (QED) is 0.838. The highest BCUT2D eigenvalue weighted by atomic mass is 16.2. The van der Waals surface area contributed by atoms with Gasteiger partial charge in [0, 0.05) is 25.9 Å². The zero-order chi connectivity index (χ0) is 18.8. The van der Waals surface area contributed by atoms with Crippen molar-refractivity contribution in [3.63, 3.8) is 0 Å². The van der Waals surface area contributed by atoms with E-state index in [1.54, 1.807) is 6.07 Å². The van der Waals surface area contributed by atoms with Crippen molar-refractivity contribution >= 4 is 29.1 Å². The van der Waals surface area contributed by atoms with Gasteiger partial charge in [-0.25, -0.2) is 0 Å². The summed E-state index contributed by atoms with van der Waals surface area (Å²) in [5, 5.41) is 6.21. The van der Waals surface area contributed by atoms with Gasteiger partial charge >= 0.3 is 0 Å². The Balaban J connectivity index is 1.34. The first-order valence-corrected chi connectivity index (χ1v) is 9.79. The number of carbonyl (C=O) groups excluding carboxylic acids is 3. The third kappa shape index (κ3) is 3.83. The van der Waals surface area contributed by atoms with Gasteiger partial charge in [-0.3, -0.25) is 14.4 Å². The summed E-state index contributed by atoms with van der Waals surface area (Å²) in [4.78, 5) is 40.6. The van der Waals surface area contributed by atoms with Gasteiger partial charge in [0.05, 0.1) is 11.4 Å². The summed E-state index contributed by atoms with van der Waals surface area (Å²) in [6.07, 6.45) is 2.41. The van der Waals surface area contributed by atoms with Crippen LogP contribution in [0.5, 0.6) is 0 Å². The number of rotatable bonds is 3. The third-order valence-corrected chi connectivity index (χ3v) is 6.00. The fourth-order valence-corrected chi connectivity index (χ4v) is 4.43. The van der Waals surface area contributed by atoms with Gasteiger partial charge in [0.25, 0.3) is 0 Å². The van der Waals surface area contributed by atoms with Gasteiger partial charge in [-0.15, -0.1) is 0 Å². The lowest BCUT2D eigenvalue weighted by Crippen LogP contribution is -2.42. The smallest absolute Gasteiger partial charge is 0.244 e. The van der Waals surface area contributed by atoms with Crippen molar-refractivity contribution in [1.29, 1.82) is 0 Å². The Morgan fingerprint density at radius 1 is 1.00 bits per heavy atom. The van der Waals surface area contributed by atoms with Crippen LogP contribution in [0.25, 0.3) is 0 Å². The minimum atomic E-state index is -0.207. The van der Waals surface area contributed by atoms with Crippen LogP contribution in [0.3, 0.4) is 0 Å². The minimum absolute atomic E-state index is 0.00408. The van der Waals surface area contributed by atoms with E-state index in [9.17, 15) is 14.4 Å². The molecule has 7 heteroatoms. The molecule has 1 aromatic rings. The first kappa shape index (κ1) is 18.0. The molecule has 0 aromatic heterocycles. The summed E-state index contributed by atoms with van der Waals surface area (Å²) in [7, 11) is 0. The average molecular weight is 370 g/mol. The Hall–Kier alpha value is -2.41. The number of benzene rings is 1. The van der Waals surface area contributed by atoms with E-state index < -0.39 is 0 Å². The van der Waals surface area contributed by atoms with E-state index in [1.165, 1.54) is 4.90 Å². The summed E-state index contributed by atoms with van der Waals surface area (Å²) in [6, 6.07) is 7.25. The number of nitrogens with zero attached hydrogens (tertiary/aromatic N) is 2. The second kappa shape index (κ2) is 7.68. The maximum Gasteiger partial charge on any atom is 0.244 e. The highest BCUT2D eigenvalue weighted by Crippen LogP contribution is 2.30. The molecule has 2 fully saturated rings. The summed E-state index contributed by atoms with van der Waals surface area (Å²) in [6.45, 7) is 3.68. The predicted molar refractivity (Wildman–Crippen MR) is 102 cm³/mol. The topological polar surface area (TPSA) is 81.8 Å². The molecular weight excluding hydrogens is 344 g/mol. The van der Waals surface area contributed by atoms with Gasteiger partial charge in [-0.1, -0.05) is 12.1 Å². The van der Waals surface area contributed by atoms with Crippen molar-refractivity contribution in [2.75, 3.05) is 42.9 Å². The number of amides is 3. The normalized spacial score (nSPS) is 24.7. The second-order valence-electron chi connectivity index (χ2n) is 7.68. The van der Waals surface area contributed by atoms with E-state index >= 15 is 0 Å². The lowest BCUT2D eigenvalue weighted by Gasteiger charge is -2.29. The molecule has 1 aromatic carbocycles. The molecule has 0 unspecified atom stereocenters. The number of para-hydroxylation sites is 2. The molecular formula is C20H26N4O3. The SMILES string of the molecule is O=C1CN(C(=O)CCC(=O)N2CC[C@@H]3CNC[C@@H]3CC2)c2ccccc2N1. The van der Waals surface area contributed by atoms with E-state index in [0.717, 1.165) is 39.0 Å². The monoisotopic (exact) mass is 370 g/mol. The van der Waals surface area contributed by atoms with Crippen LogP contribution < -0.4 is 15.5 Å². The largest absolute Gasteiger partial charge is 0.343 e. The summed E-state index contributed by atoms with van der Waals surface area (Å²) in [5.74, 6) is 1.01. The Kier molecular flexibility index (Phi) is 5.11. The van der Waals surface area contributed by atoms with Crippen LogP contribution in [0.2, 0.25) is 0 Å². The summed E-state index contributed by atoms with van der Waals surface area (Å²) >= 11 is 0. The van der Waals surface area contributed by atoms with Crippen LogP contribution in [0.1, 0.15) is 25.7 Å². The molecule has 2 atom stereocenters. The van der Waals surface area contributed by atoms with Crippen molar-refractivity contribution in [2.45, 2.75) is 25.7 Å². The van der Waals surface area contributed by atoms with E-state index in [0.29, 0.717) is 23.2 Å².